The first-order chi connectivity index (χ1) is 8.00. The van der Waals surface area contributed by atoms with Gasteiger partial charge in [-0.1, -0.05) is 0 Å². The second kappa shape index (κ2) is 4.18. The molecule has 0 saturated carbocycles. The van der Waals surface area contributed by atoms with Crippen molar-refractivity contribution in [3.8, 4) is 0 Å². The molecule has 0 spiro atoms. The normalized spacial score (nSPS) is 11.8. The van der Waals surface area contributed by atoms with Crippen molar-refractivity contribution in [3.05, 3.63) is 24.2 Å². The van der Waals surface area contributed by atoms with Gasteiger partial charge in [0.25, 0.3) is 0 Å². The number of nitrogens with one attached hydrogen (secondary N) is 2. The fourth-order valence-corrected chi connectivity index (χ4v) is 2.34. The molecule has 0 fully saturated rings. The molecule has 0 atom stereocenters. The van der Waals surface area contributed by atoms with Crippen LogP contribution in [0.15, 0.2) is 23.4 Å². The molecule has 0 aliphatic carbocycles. The Morgan fingerprint density at radius 3 is 2.88 bits per heavy atom. The third-order valence-corrected chi connectivity index (χ3v) is 3.72. The van der Waals surface area contributed by atoms with Crippen molar-refractivity contribution in [1.82, 2.24) is 24.7 Å². The van der Waals surface area contributed by atoms with E-state index in [9.17, 15) is 8.42 Å². The Hall–Kier alpha value is -1.87. The number of aromatic amines is 1. The fraction of sp³-hybridized carbons (Fsp3) is 0.250. The number of sulfonamides is 1. The van der Waals surface area contributed by atoms with Gasteiger partial charge in [0.05, 0.1) is 18.4 Å². The monoisotopic (exact) mass is 256 g/mol. The van der Waals surface area contributed by atoms with Gasteiger partial charge in [0.15, 0.2) is 0 Å². The summed E-state index contributed by atoms with van der Waals surface area (Å²) in [6, 6.07) is 1.72. The number of nitrogen functional groups attached to an aromatic ring is 1. The summed E-state index contributed by atoms with van der Waals surface area (Å²) in [5, 5.41) is 9.87. The molecule has 4 N–H and O–H groups in total. The number of hydrogen-bond acceptors (Lipinski definition) is 5. The highest BCUT2D eigenvalue weighted by Gasteiger charge is 2.19. The molecule has 0 aromatic carbocycles. The number of rotatable bonds is 4. The quantitative estimate of drug-likeness (QED) is 0.662. The zero-order chi connectivity index (χ0) is 12.5. The first kappa shape index (κ1) is 11.6. The van der Waals surface area contributed by atoms with Crippen LogP contribution in [0.25, 0.3) is 0 Å². The highest BCUT2D eigenvalue weighted by molar-refractivity contribution is 7.89. The third-order valence-electron chi connectivity index (χ3n) is 2.29. The summed E-state index contributed by atoms with van der Waals surface area (Å²) in [6.07, 6.45) is 2.76. The summed E-state index contributed by atoms with van der Waals surface area (Å²) < 4.78 is 27.7. The van der Waals surface area contributed by atoms with Crippen molar-refractivity contribution >= 4 is 15.8 Å². The van der Waals surface area contributed by atoms with Crippen LogP contribution in [0.3, 0.4) is 0 Å². The molecule has 0 unspecified atom stereocenters. The Balaban J connectivity index is 2.15. The van der Waals surface area contributed by atoms with E-state index in [1.54, 1.807) is 24.0 Å². The highest BCUT2D eigenvalue weighted by Crippen LogP contribution is 2.13. The highest BCUT2D eigenvalue weighted by atomic mass is 32.2. The summed E-state index contributed by atoms with van der Waals surface area (Å²) in [7, 11) is -1.92. The summed E-state index contributed by atoms with van der Waals surface area (Å²) in [5.41, 5.74) is 6.20. The van der Waals surface area contributed by atoms with Crippen LogP contribution < -0.4 is 10.5 Å². The lowest BCUT2D eigenvalue weighted by atomic mass is 10.4. The van der Waals surface area contributed by atoms with Gasteiger partial charge in [0, 0.05) is 13.2 Å². The molecule has 2 rings (SSSR count). The number of nitrogens with zero attached hydrogens (tertiary/aromatic N) is 3. The van der Waals surface area contributed by atoms with E-state index in [0.29, 0.717) is 0 Å². The second-order valence-electron chi connectivity index (χ2n) is 3.42. The number of H-pyrrole nitrogens is 1. The second-order valence-corrected chi connectivity index (χ2v) is 5.15. The zero-order valence-electron chi connectivity index (χ0n) is 9.08. The number of nitrogens with two attached hydrogens (primary N) is 1. The maximum atomic E-state index is 11.8. The molecule has 2 aromatic heterocycles. The lowest BCUT2D eigenvalue weighted by Crippen LogP contribution is -2.24. The van der Waals surface area contributed by atoms with Crippen molar-refractivity contribution < 1.29 is 8.42 Å². The fourth-order valence-electron chi connectivity index (χ4n) is 1.32. The number of aromatic nitrogens is 4. The van der Waals surface area contributed by atoms with E-state index in [1.165, 1.54) is 6.20 Å². The van der Waals surface area contributed by atoms with E-state index in [1.807, 2.05) is 0 Å². The molecule has 0 aliphatic heterocycles. The first-order valence-electron chi connectivity index (χ1n) is 4.76. The Labute approximate surface area is 97.9 Å². The third kappa shape index (κ3) is 2.29. The van der Waals surface area contributed by atoms with Crippen molar-refractivity contribution in [1.29, 1.82) is 0 Å². The molecule has 0 amide bonds. The van der Waals surface area contributed by atoms with Gasteiger partial charge in [-0.3, -0.25) is 9.78 Å². The van der Waals surface area contributed by atoms with Crippen molar-refractivity contribution in [3.63, 3.8) is 0 Å². The minimum atomic E-state index is -3.65. The maximum Gasteiger partial charge on any atom is 0.246 e. The van der Waals surface area contributed by atoms with E-state index in [-0.39, 0.29) is 17.3 Å². The zero-order valence-corrected chi connectivity index (χ0v) is 9.90. The predicted molar refractivity (Wildman–Crippen MR) is 60.2 cm³/mol. The van der Waals surface area contributed by atoms with Crippen LogP contribution >= 0.6 is 0 Å². The number of hydrogen-bond donors (Lipinski definition) is 3. The van der Waals surface area contributed by atoms with Crippen LogP contribution in [0.1, 0.15) is 5.69 Å². The van der Waals surface area contributed by atoms with Crippen molar-refractivity contribution in [2.24, 2.45) is 7.05 Å². The minimum absolute atomic E-state index is 0.0162. The summed E-state index contributed by atoms with van der Waals surface area (Å²) >= 11 is 0. The van der Waals surface area contributed by atoms with E-state index in [4.69, 9.17) is 5.73 Å². The van der Waals surface area contributed by atoms with Crippen LogP contribution in [0.4, 0.5) is 5.82 Å². The lowest BCUT2D eigenvalue weighted by molar-refractivity contribution is 0.577. The number of anilines is 1. The van der Waals surface area contributed by atoms with Crippen LogP contribution in [0.5, 0.6) is 0 Å². The minimum Gasteiger partial charge on any atom is -0.383 e. The van der Waals surface area contributed by atoms with Crippen molar-refractivity contribution in [2.45, 2.75) is 11.4 Å². The van der Waals surface area contributed by atoms with Gasteiger partial charge in [-0.25, -0.2) is 13.1 Å². The molecule has 2 heterocycles. The first-order valence-corrected chi connectivity index (χ1v) is 6.24. The summed E-state index contributed by atoms with van der Waals surface area (Å²) in [4.78, 5) is -0.0559. The van der Waals surface area contributed by atoms with Crippen molar-refractivity contribution in [2.75, 3.05) is 5.73 Å². The summed E-state index contributed by atoms with van der Waals surface area (Å²) in [5.74, 6) is 0.0162. The Morgan fingerprint density at radius 1 is 1.59 bits per heavy atom. The molecule has 0 radical (unpaired) electrons. The molecule has 9 heteroatoms. The molecule has 17 heavy (non-hydrogen) atoms. The standard InChI is InChI=1S/C8H12N6O2S/c1-14-6(2-3-11-14)4-12-17(15,16)7-5-10-13-8(7)9/h2-3,5,12H,4H2,1H3,(H3,9,10,13). The average molecular weight is 256 g/mol. The van der Waals surface area contributed by atoms with Gasteiger partial charge < -0.3 is 5.73 Å². The Kier molecular flexibility index (Phi) is 2.86. The van der Waals surface area contributed by atoms with Crippen LogP contribution in [0, 0.1) is 0 Å². The van der Waals surface area contributed by atoms with Gasteiger partial charge in [0.2, 0.25) is 10.0 Å². The maximum absolute atomic E-state index is 11.8. The Morgan fingerprint density at radius 2 is 2.35 bits per heavy atom. The molecule has 0 saturated heterocycles. The SMILES string of the molecule is Cn1nccc1CNS(=O)(=O)c1cn[nH]c1N. The van der Waals surface area contributed by atoms with E-state index < -0.39 is 10.0 Å². The van der Waals surface area contributed by atoms with E-state index in [0.717, 1.165) is 5.69 Å². The summed E-state index contributed by atoms with van der Waals surface area (Å²) in [6.45, 7) is 0.142. The van der Waals surface area contributed by atoms with Crippen LogP contribution in [-0.4, -0.2) is 28.4 Å². The molecular formula is C8H12N6O2S. The average Bonchev–Trinajstić information content (AvgIpc) is 2.85. The molecule has 8 nitrogen and oxygen atoms in total. The van der Waals surface area contributed by atoms with Gasteiger partial charge in [-0.2, -0.15) is 10.2 Å². The van der Waals surface area contributed by atoms with E-state index in [2.05, 4.69) is 20.0 Å². The topological polar surface area (TPSA) is 119 Å². The van der Waals surface area contributed by atoms with Gasteiger partial charge >= 0.3 is 0 Å². The molecule has 0 aliphatic rings. The molecule has 0 bridgehead atoms. The van der Waals surface area contributed by atoms with Gasteiger partial charge in [-0.15, -0.1) is 0 Å². The van der Waals surface area contributed by atoms with Crippen LogP contribution in [-0.2, 0) is 23.6 Å². The molecule has 2 aromatic rings. The number of aryl methyl sites for hydroxylation is 1. The van der Waals surface area contributed by atoms with Gasteiger partial charge in [-0.05, 0) is 6.07 Å². The van der Waals surface area contributed by atoms with Crippen LogP contribution in [0.2, 0.25) is 0 Å². The Bertz CT molecular complexity index is 614. The predicted octanol–water partition coefficient (Wildman–Crippen LogP) is -0.796. The van der Waals surface area contributed by atoms with Gasteiger partial charge in [0.1, 0.15) is 10.7 Å². The van der Waals surface area contributed by atoms with E-state index >= 15 is 0 Å². The lowest BCUT2D eigenvalue weighted by Gasteiger charge is -2.05. The molecule has 92 valence electrons. The largest absolute Gasteiger partial charge is 0.383 e. The smallest absolute Gasteiger partial charge is 0.246 e. The molecular weight excluding hydrogens is 244 g/mol.